The highest BCUT2D eigenvalue weighted by Gasteiger charge is 2.27. The van der Waals surface area contributed by atoms with Gasteiger partial charge in [-0.3, -0.25) is 9.10 Å². The third-order valence-electron chi connectivity index (χ3n) is 5.24. The highest BCUT2D eigenvalue weighted by molar-refractivity contribution is 7.92. The minimum absolute atomic E-state index is 0.0816. The van der Waals surface area contributed by atoms with Crippen LogP contribution in [0.4, 0.5) is 5.69 Å². The molecule has 1 amide bonds. The minimum atomic E-state index is -3.97. The van der Waals surface area contributed by atoms with Crippen LogP contribution in [0.1, 0.15) is 31.0 Å². The molecule has 0 heterocycles. The predicted molar refractivity (Wildman–Crippen MR) is 126 cm³/mol. The molecular formula is C25H28N2O4S. The number of para-hydroxylation sites is 1. The summed E-state index contributed by atoms with van der Waals surface area (Å²) in [5.74, 6) is 0.161. The molecule has 1 N–H and O–H groups in total. The average Bonchev–Trinajstić information content (AvgIpc) is 2.83. The van der Waals surface area contributed by atoms with Crippen molar-refractivity contribution in [2.45, 2.75) is 31.2 Å². The number of hydrogen-bond acceptors (Lipinski definition) is 4. The Morgan fingerprint density at radius 3 is 2.16 bits per heavy atom. The molecule has 0 aliphatic rings. The van der Waals surface area contributed by atoms with Crippen LogP contribution in [0.3, 0.4) is 0 Å². The quantitative estimate of drug-likeness (QED) is 0.524. The van der Waals surface area contributed by atoms with Crippen molar-refractivity contribution in [3.8, 4) is 5.75 Å². The zero-order valence-corrected chi connectivity index (χ0v) is 19.3. The number of amides is 1. The van der Waals surface area contributed by atoms with E-state index >= 15 is 0 Å². The standard InChI is InChI=1S/C25H28N2O4S/c1-4-20-10-12-21(13-11-20)19(2)26-25(28)18-27(22-8-6-5-7-9-22)32(29,30)24-16-14-23(31-3)15-17-24/h5-17,19H,4,18H2,1-3H3,(H,26,28)/t19-/m0/s1. The van der Waals surface area contributed by atoms with E-state index in [9.17, 15) is 13.2 Å². The molecule has 0 saturated carbocycles. The fraction of sp³-hybridized carbons (Fsp3) is 0.240. The van der Waals surface area contributed by atoms with Gasteiger partial charge >= 0.3 is 0 Å². The predicted octanol–water partition coefficient (Wildman–Crippen LogP) is 4.33. The second-order valence-electron chi connectivity index (χ2n) is 7.41. The highest BCUT2D eigenvalue weighted by atomic mass is 32.2. The molecule has 0 bridgehead atoms. The van der Waals surface area contributed by atoms with Gasteiger partial charge in [-0.25, -0.2) is 8.42 Å². The molecule has 3 rings (SSSR count). The number of carbonyl (C=O) groups excluding carboxylic acids is 1. The van der Waals surface area contributed by atoms with E-state index in [4.69, 9.17) is 4.74 Å². The maximum Gasteiger partial charge on any atom is 0.264 e. The maximum absolute atomic E-state index is 13.4. The average molecular weight is 453 g/mol. The van der Waals surface area contributed by atoms with Crippen molar-refractivity contribution in [2.24, 2.45) is 0 Å². The Bertz CT molecular complexity index is 1130. The summed E-state index contributed by atoms with van der Waals surface area (Å²) in [7, 11) is -2.45. The van der Waals surface area contributed by atoms with Crippen LogP contribution in [0, 0.1) is 0 Å². The van der Waals surface area contributed by atoms with Gasteiger partial charge in [-0.2, -0.15) is 0 Å². The summed E-state index contributed by atoms with van der Waals surface area (Å²) in [6.45, 7) is 3.63. The number of rotatable bonds is 9. The van der Waals surface area contributed by atoms with Crippen LogP contribution in [0.5, 0.6) is 5.75 Å². The van der Waals surface area contributed by atoms with Gasteiger partial charge in [-0.1, -0.05) is 49.4 Å². The highest BCUT2D eigenvalue weighted by Crippen LogP contribution is 2.25. The lowest BCUT2D eigenvalue weighted by Gasteiger charge is -2.25. The Labute approximate surface area is 189 Å². The third kappa shape index (κ3) is 5.48. The molecule has 0 unspecified atom stereocenters. The molecule has 1 atom stereocenters. The number of ether oxygens (including phenoxy) is 1. The first-order chi connectivity index (χ1) is 15.3. The molecule has 0 fully saturated rings. The molecule has 0 radical (unpaired) electrons. The first-order valence-corrected chi connectivity index (χ1v) is 11.9. The second kappa shape index (κ2) is 10.3. The zero-order chi connectivity index (χ0) is 23.1. The Kier molecular flexibility index (Phi) is 7.53. The van der Waals surface area contributed by atoms with Gasteiger partial charge in [0.2, 0.25) is 5.91 Å². The smallest absolute Gasteiger partial charge is 0.264 e. The van der Waals surface area contributed by atoms with Crippen LogP contribution in [0.2, 0.25) is 0 Å². The van der Waals surface area contributed by atoms with Gasteiger partial charge in [0.1, 0.15) is 12.3 Å². The largest absolute Gasteiger partial charge is 0.497 e. The first kappa shape index (κ1) is 23.3. The molecule has 0 aliphatic carbocycles. The summed E-state index contributed by atoms with van der Waals surface area (Å²) in [6, 6.07) is 22.5. The number of methoxy groups -OCH3 is 1. The molecule has 0 aromatic heterocycles. The van der Waals surface area contributed by atoms with Gasteiger partial charge in [0.25, 0.3) is 10.0 Å². The molecule has 0 aliphatic heterocycles. The lowest BCUT2D eigenvalue weighted by Crippen LogP contribution is -2.41. The number of aryl methyl sites for hydroxylation is 1. The normalized spacial score (nSPS) is 12.1. The number of benzene rings is 3. The fourth-order valence-corrected chi connectivity index (χ4v) is 4.75. The van der Waals surface area contributed by atoms with E-state index in [2.05, 4.69) is 12.2 Å². The van der Waals surface area contributed by atoms with E-state index < -0.39 is 15.9 Å². The van der Waals surface area contributed by atoms with E-state index in [1.165, 1.54) is 24.8 Å². The van der Waals surface area contributed by atoms with Crippen LogP contribution < -0.4 is 14.4 Å². The first-order valence-electron chi connectivity index (χ1n) is 10.4. The van der Waals surface area contributed by atoms with Gasteiger partial charge in [-0.15, -0.1) is 0 Å². The van der Waals surface area contributed by atoms with Crippen molar-refractivity contribution < 1.29 is 17.9 Å². The number of carbonyl (C=O) groups is 1. The Morgan fingerprint density at radius 2 is 1.59 bits per heavy atom. The van der Waals surface area contributed by atoms with Crippen molar-refractivity contribution in [1.29, 1.82) is 0 Å². The number of hydrogen-bond donors (Lipinski definition) is 1. The maximum atomic E-state index is 13.4. The van der Waals surface area contributed by atoms with Crippen molar-refractivity contribution >= 4 is 21.6 Å². The van der Waals surface area contributed by atoms with Gasteiger partial charge in [0.05, 0.1) is 23.7 Å². The second-order valence-corrected chi connectivity index (χ2v) is 9.27. The number of sulfonamides is 1. The van der Waals surface area contributed by atoms with Crippen LogP contribution >= 0.6 is 0 Å². The van der Waals surface area contributed by atoms with Gasteiger partial charge in [-0.05, 0) is 60.9 Å². The molecule has 7 heteroatoms. The van der Waals surface area contributed by atoms with E-state index in [1.807, 2.05) is 31.2 Å². The molecular weight excluding hydrogens is 424 g/mol. The summed E-state index contributed by atoms with van der Waals surface area (Å²) in [6.07, 6.45) is 0.941. The summed E-state index contributed by atoms with van der Waals surface area (Å²) in [4.78, 5) is 13.0. The molecule has 168 valence electrons. The van der Waals surface area contributed by atoms with E-state index in [0.717, 1.165) is 16.3 Å². The van der Waals surface area contributed by atoms with Crippen molar-refractivity contribution in [1.82, 2.24) is 5.32 Å². The van der Waals surface area contributed by atoms with Crippen LogP contribution in [-0.4, -0.2) is 28.0 Å². The minimum Gasteiger partial charge on any atom is -0.497 e. The summed E-state index contributed by atoms with van der Waals surface area (Å²) in [5.41, 5.74) is 2.59. The number of nitrogens with zero attached hydrogens (tertiary/aromatic N) is 1. The Morgan fingerprint density at radius 1 is 0.969 bits per heavy atom. The topological polar surface area (TPSA) is 75.7 Å². The summed E-state index contributed by atoms with van der Waals surface area (Å²) in [5, 5.41) is 2.91. The molecule has 3 aromatic rings. The van der Waals surface area contributed by atoms with Crippen LogP contribution in [0.15, 0.2) is 83.8 Å². The molecule has 0 saturated heterocycles. The Balaban J connectivity index is 1.83. The van der Waals surface area contributed by atoms with E-state index in [1.54, 1.807) is 42.5 Å². The number of anilines is 1. The van der Waals surface area contributed by atoms with E-state index in [0.29, 0.717) is 11.4 Å². The molecule has 6 nitrogen and oxygen atoms in total. The Hall–Kier alpha value is -3.32. The van der Waals surface area contributed by atoms with Gasteiger partial charge in [0, 0.05) is 0 Å². The molecule has 0 spiro atoms. The van der Waals surface area contributed by atoms with Crippen molar-refractivity contribution in [3.63, 3.8) is 0 Å². The van der Waals surface area contributed by atoms with Crippen LogP contribution in [0.25, 0.3) is 0 Å². The van der Waals surface area contributed by atoms with Crippen LogP contribution in [-0.2, 0) is 21.2 Å². The van der Waals surface area contributed by atoms with Crippen molar-refractivity contribution in [3.05, 3.63) is 90.0 Å². The molecule has 32 heavy (non-hydrogen) atoms. The van der Waals surface area contributed by atoms with E-state index in [-0.39, 0.29) is 17.5 Å². The monoisotopic (exact) mass is 452 g/mol. The van der Waals surface area contributed by atoms with Gasteiger partial charge in [0.15, 0.2) is 0 Å². The van der Waals surface area contributed by atoms with Crippen molar-refractivity contribution in [2.75, 3.05) is 18.0 Å². The zero-order valence-electron chi connectivity index (χ0n) is 18.5. The fourth-order valence-electron chi connectivity index (χ4n) is 3.33. The number of nitrogens with one attached hydrogen (secondary N) is 1. The third-order valence-corrected chi connectivity index (χ3v) is 7.03. The lowest BCUT2D eigenvalue weighted by atomic mass is 10.1. The SMILES string of the molecule is CCc1ccc([C@H](C)NC(=O)CN(c2ccccc2)S(=O)(=O)c2ccc(OC)cc2)cc1. The summed E-state index contributed by atoms with van der Waals surface area (Å²) < 4.78 is 33.0. The lowest BCUT2D eigenvalue weighted by molar-refractivity contribution is -0.120. The molecule has 3 aromatic carbocycles. The van der Waals surface area contributed by atoms with Gasteiger partial charge < -0.3 is 10.1 Å². The summed E-state index contributed by atoms with van der Waals surface area (Å²) >= 11 is 0.